The summed E-state index contributed by atoms with van der Waals surface area (Å²) in [6.07, 6.45) is 0. The maximum absolute atomic E-state index is 13.0. The summed E-state index contributed by atoms with van der Waals surface area (Å²) < 4.78 is 14.9. The molecule has 2 aromatic rings. The Hall–Kier alpha value is -1.62. The Morgan fingerprint density at radius 3 is 3.00 bits per heavy atom. The van der Waals surface area contributed by atoms with Crippen molar-refractivity contribution in [3.8, 4) is 0 Å². The second kappa shape index (κ2) is 4.49. The minimum absolute atomic E-state index is 0.0290. The average molecular weight is 223 g/mol. The largest absolute Gasteiger partial charge is 0.395 e. The molecule has 0 aliphatic heterocycles. The third-order valence-corrected chi connectivity index (χ3v) is 2.37. The predicted molar refractivity (Wildman–Crippen MR) is 60.9 cm³/mol. The number of benzene rings is 1. The molecule has 0 aliphatic carbocycles. The standard InChI is InChI=1S/C11H14FN3O/c1-2-13-11-14-9-7-8(12)3-4-10(9)15(11)5-6-16/h3-4,7,16H,2,5-6H2,1H3,(H,13,14). The van der Waals surface area contributed by atoms with Crippen LogP contribution in [0.4, 0.5) is 10.3 Å². The van der Waals surface area contributed by atoms with Gasteiger partial charge in [0, 0.05) is 19.2 Å². The van der Waals surface area contributed by atoms with Gasteiger partial charge in [0.1, 0.15) is 5.82 Å². The van der Waals surface area contributed by atoms with E-state index in [0.717, 1.165) is 12.1 Å². The van der Waals surface area contributed by atoms with Crippen molar-refractivity contribution in [1.29, 1.82) is 0 Å². The van der Waals surface area contributed by atoms with Crippen LogP contribution in [0.5, 0.6) is 0 Å². The highest BCUT2D eigenvalue weighted by molar-refractivity contribution is 5.78. The zero-order valence-electron chi connectivity index (χ0n) is 9.07. The molecule has 0 saturated heterocycles. The van der Waals surface area contributed by atoms with Crippen molar-refractivity contribution in [2.45, 2.75) is 13.5 Å². The lowest BCUT2D eigenvalue weighted by Gasteiger charge is -2.07. The number of aliphatic hydroxyl groups is 1. The van der Waals surface area contributed by atoms with Gasteiger partial charge in [0.05, 0.1) is 17.6 Å². The normalized spacial score (nSPS) is 10.9. The molecule has 86 valence electrons. The van der Waals surface area contributed by atoms with Gasteiger partial charge in [0.15, 0.2) is 0 Å². The van der Waals surface area contributed by atoms with Crippen LogP contribution in [0.15, 0.2) is 18.2 Å². The number of hydrogen-bond acceptors (Lipinski definition) is 3. The van der Waals surface area contributed by atoms with Gasteiger partial charge in [-0.05, 0) is 19.1 Å². The van der Waals surface area contributed by atoms with Gasteiger partial charge >= 0.3 is 0 Å². The number of anilines is 1. The smallest absolute Gasteiger partial charge is 0.203 e. The highest BCUT2D eigenvalue weighted by Crippen LogP contribution is 2.20. The second-order valence-corrected chi connectivity index (χ2v) is 3.47. The summed E-state index contributed by atoms with van der Waals surface area (Å²) in [5.74, 6) is 0.362. The number of nitrogens with one attached hydrogen (secondary N) is 1. The molecule has 0 spiro atoms. The highest BCUT2D eigenvalue weighted by Gasteiger charge is 2.09. The third kappa shape index (κ3) is 1.86. The van der Waals surface area contributed by atoms with Crippen LogP contribution in [0.1, 0.15) is 6.92 Å². The summed E-state index contributed by atoms with van der Waals surface area (Å²) >= 11 is 0. The summed E-state index contributed by atoms with van der Waals surface area (Å²) in [5.41, 5.74) is 1.43. The molecular formula is C11H14FN3O. The summed E-state index contributed by atoms with van der Waals surface area (Å²) in [7, 11) is 0. The van der Waals surface area contributed by atoms with E-state index in [4.69, 9.17) is 5.11 Å². The van der Waals surface area contributed by atoms with Crippen LogP contribution in [-0.2, 0) is 6.54 Å². The first kappa shape index (κ1) is 10.9. The number of fused-ring (bicyclic) bond motifs is 1. The van der Waals surface area contributed by atoms with Crippen LogP contribution in [0, 0.1) is 5.82 Å². The molecule has 2 rings (SSSR count). The number of halogens is 1. The van der Waals surface area contributed by atoms with Gasteiger partial charge < -0.3 is 15.0 Å². The predicted octanol–water partition coefficient (Wildman–Crippen LogP) is 1.60. The number of imidazole rings is 1. The van der Waals surface area contributed by atoms with Crippen molar-refractivity contribution < 1.29 is 9.50 Å². The van der Waals surface area contributed by atoms with E-state index in [0.29, 0.717) is 18.0 Å². The highest BCUT2D eigenvalue weighted by atomic mass is 19.1. The molecule has 0 saturated carbocycles. The number of aromatic nitrogens is 2. The molecular weight excluding hydrogens is 209 g/mol. The van der Waals surface area contributed by atoms with E-state index in [1.165, 1.54) is 12.1 Å². The molecule has 4 nitrogen and oxygen atoms in total. The third-order valence-electron chi connectivity index (χ3n) is 2.37. The van der Waals surface area contributed by atoms with E-state index in [2.05, 4.69) is 10.3 Å². The minimum Gasteiger partial charge on any atom is -0.395 e. The van der Waals surface area contributed by atoms with Crippen LogP contribution >= 0.6 is 0 Å². The summed E-state index contributed by atoms with van der Waals surface area (Å²) in [6.45, 7) is 3.17. The fraction of sp³-hybridized carbons (Fsp3) is 0.364. The quantitative estimate of drug-likeness (QED) is 0.827. The lowest BCUT2D eigenvalue weighted by molar-refractivity contribution is 0.278. The van der Waals surface area contributed by atoms with Crippen LogP contribution in [-0.4, -0.2) is 27.8 Å². The summed E-state index contributed by atoms with van der Waals surface area (Å²) in [6, 6.07) is 4.46. The van der Waals surface area contributed by atoms with Crippen LogP contribution < -0.4 is 5.32 Å². The molecule has 2 N–H and O–H groups in total. The molecule has 0 fully saturated rings. The molecule has 16 heavy (non-hydrogen) atoms. The number of nitrogens with zero attached hydrogens (tertiary/aromatic N) is 2. The molecule has 0 radical (unpaired) electrons. The molecule has 0 amide bonds. The molecule has 0 bridgehead atoms. The first-order valence-electron chi connectivity index (χ1n) is 5.26. The second-order valence-electron chi connectivity index (χ2n) is 3.47. The van der Waals surface area contributed by atoms with E-state index in [1.54, 1.807) is 6.07 Å². The minimum atomic E-state index is -0.302. The number of hydrogen-bond donors (Lipinski definition) is 2. The Morgan fingerprint density at radius 1 is 1.50 bits per heavy atom. The Labute approximate surface area is 92.7 Å². The molecule has 0 atom stereocenters. The van der Waals surface area contributed by atoms with Crippen LogP contribution in [0.25, 0.3) is 11.0 Å². The topological polar surface area (TPSA) is 50.1 Å². The van der Waals surface area contributed by atoms with Crippen LogP contribution in [0.2, 0.25) is 0 Å². The van der Waals surface area contributed by atoms with Gasteiger partial charge in [-0.15, -0.1) is 0 Å². The fourth-order valence-corrected chi connectivity index (χ4v) is 1.72. The van der Waals surface area contributed by atoms with Gasteiger partial charge in [0.25, 0.3) is 0 Å². The molecule has 1 aromatic carbocycles. The van der Waals surface area contributed by atoms with Gasteiger partial charge in [-0.1, -0.05) is 0 Å². The van der Waals surface area contributed by atoms with Gasteiger partial charge in [0.2, 0.25) is 5.95 Å². The van der Waals surface area contributed by atoms with E-state index < -0.39 is 0 Å². The molecule has 0 aliphatic rings. The van der Waals surface area contributed by atoms with Gasteiger partial charge in [-0.25, -0.2) is 9.37 Å². The van der Waals surface area contributed by atoms with Gasteiger partial charge in [-0.2, -0.15) is 0 Å². The van der Waals surface area contributed by atoms with Crippen molar-refractivity contribution in [3.05, 3.63) is 24.0 Å². The molecule has 1 aromatic heterocycles. The number of aliphatic hydroxyl groups excluding tert-OH is 1. The Balaban J connectivity index is 2.56. The lowest BCUT2D eigenvalue weighted by Crippen LogP contribution is -2.09. The Kier molecular flexibility index (Phi) is 3.05. The summed E-state index contributed by atoms with van der Waals surface area (Å²) in [4.78, 5) is 4.28. The zero-order valence-corrected chi connectivity index (χ0v) is 9.07. The molecule has 1 heterocycles. The average Bonchev–Trinajstić information content (AvgIpc) is 2.57. The Morgan fingerprint density at radius 2 is 2.31 bits per heavy atom. The first-order chi connectivity index (χ1) is 7.76. The van der Waals surface area contributed by atoms with Crippen molar-refractivity contribution in [3.63, 3.8) is 0 Å². The molecule has 5 heteroatoms. The zero-order chi connectivity index (χ0) is 11.5. The van der Waals surface area contributed by atoms with Crippen LogP contribution in [0.3, 0.4) is 0 Å². The van der Waals surface area contributed by atoms with Crippen molar-refractivity contribution in [2.24, 2.45) is 0 Å². The van der Waals surface area contributed by atoms with Gasteiger partial charge in [-0.3, -0.25) is 0 Å². The van der Waals surface area contributed by atoms with E-state index in [1.807, 2.05) is 11.5 Å². The molecule has 0 unspecified atom stereocenters. The maximum atomic E-state index is 13.0. The van der Waals surface area contributed by atoms with Crippen molar-refractivity contribution >= 4 is 17.0 Å². The van der Waals surface area contributed by atoms with Crippen molar-refractivity contribution in [2.75, 3.05) is 18.5 Å². The summed E-state index contributed by atoms with van der Waals surface area (Å²) in [5, 5.41) is 12.1. The van der Waals surface area contributed by atoms with E-state index >= 15 is 0 Å². The maximum Gasteiger partial charge on any atom is 0.203 e. The fourth-order valence-electron chi connectivity index (χ4n) is 1.72. The SMILES string of the molecule is CCNc1nc2cc(F)ccc2n1CCO. The first-order valence-corrected chi connectivity index (χ1v) is 5.26. The monoisotopic (exact) mass is 223 g/mol. The van der Waals surface area contributed by atoms with Crippen molar-refractivity contribution in [1.82, 2.24) is 9.55 Å². The Bertz CT molecular complexity index is 495. The van der Waals surface area contributed by atoms with E-state index in [9.17, 15) is 4.39 Å². The van der Waals surface area contributed by atoms with E-state index in [-0.39, 0.29) is 12.4 Å². The number of rotatable bonds is 4. The lowest BCUT2D eigenvalue weighted by atomic mass is 10.3.